The van der Waals surface area contributed by atoms with Crippen molar-refractivity contribution in [2.75, 3.05) is 0 Å². The van der Waals surface area contributed by atoms with Crippen molar-refractivity contribution in [2.45, 2.75) is 6.04 Å². The molecular formula is C14H12N2. The Hall–Kier alpha value is -2.11. The van der Waals surface area contributed by atoms with Crippen molar-refractivity contribution in [2.24, 2.45) is 5.73 Å². The maximum absolute atomic E-state index is 8.70. The van der Waals surface area contributed by atoms with Gasteiger partial charge >= 0.3 is 0 Å². The van der Waals surface area contributed by atoms with Gasteiger partial charge in [-0.15, -0.1) is 0 Å². The molecule has 2 aromatic carbocycles. The van der Waals surface area contributed by atoms with Gasteiger partial charge in [0.2, 0.25) is 0 Å². The lowest BCUT2D eigenvalue weighted by Gasteiger charge is -2.12. The van der Waals surface area contributed by atoms with Gasteiger partial charge in [-0.2, -0.15) is 5.26 Å². The SMILES string of the molecule is N#Cc1ccc(C(N)c2ccccc2)cc1. The van der Waals surface area contributed by atoms with Crippen LogP contribution in [0.1, 0.15) is 22.7 Å². The van der Waals surface area contributed by atoms with Gasteiger partial charge in [0.05, 0.1) is 17.7 Å². The fraction of sp³-hybridized carbons (Fsp3) is 0.0714. The third-order valence-corrected chi connectivity index (χ3v) is 2.56. The quantitative estimate of drug-likeness (QED) is 0.824. The fourth-order valence-corrected chi connectivity index (χ4v) is 1.62. The van der Waals surface area contributed by atoms with Gasteiger partial charge in [-0.05, 0) is 23.3 Å². The Morgan fingerprint density at radius 2 is 1.44 bits per heavy atom. The van der Waals surface area contributed by atoms with E-state index in [9.17, 15) is 0 Å². The minimum atomic E-state index is -0.131. The first-order valence-corrected chi connectivity index (χ1v) is 5.12. The second-order valence-corrected chi connectivity index (χ2v) is 3.62. The zero-order valence-electron chi connectivity index (χ0n) is 8.80. The Labute approximate surface area is 95.0 Å². The topological polar surface area (TPSA) is 49.8 Å². The van der Waals surface area contributed by atoms with E-state index in [0.717, 1.165) is 11.1 Å². The van der Waals surface area contributed by atoms with Crippen LogP contribution < -0.4 is 5.73 Å². The summed E-state index contributed by atoms with van der Waals surface area (Å²) in [6.45, 7) is 0. The zero-order valence-corrected chi connectivity index (χ0v) is 8.80. The van der Waals surface area contributed by atoms with Gasteiger partial charge in [0.15, 0.2) is 0 Å². The van der Waals surface area contributed by atoms with Crippen LogP contribution in [0.3, 0.4) is 0 Å². The second kappa shape index (κ2) is 4.61. The van der Waals surface area contributed by atoms with E-state index in [4.69, 9.17) is 11.0 Å². The Kier molecular flexibility index (Phi) is 3.00. The van der Waals surface area contributed by atoms with Crippen LogP contribution in [0.25, 0.3) is 0 Å². The van der Waals surface area contributed by atoms with Gasteiger partial charge in [-0.1, -0.05) is 42.5 Å². The molecule has 2 nitrogen and oxygen atoms in total. The molecule has 2 rings (SSSR count). The van der Waals surface area contributed by atoms with Crippen LogP contribution in [0.5, 0.6) is 0 Å². The zero-order chi connectivity index (χ0) is 11.4. The molecule has 0 aromatic heterocycles. The van der Waals surface area contributed by atoms with Gasteiger partial charge in [0.1, 0.15) is 0 Å². The van der Waals surface area contributed by atoms with E-state index in [1.54, 1.807) is 12.1 Å². The molecule has 0 amide bonds. The lowest BCUT2D eigenvalue weighted by Crippen LogP contribution is -2.11. The van der Waals surface area contributed by atoms with Crippen LogP contribution in [0.2, 0.25) is 0 Å². The summed E-state index contributed by atoms with van der Waals surface area (Å²) in [7, 11) is 0. The van der Waals surface area contributed by atoms with Gasteiger partial charge in [0, 0.05) is 0 Å². The highest BCUT2D eigenvalue weighted by atomic mass is 14.6. The number of hydrogen-bond acceptors (Lipinski definition) is 2. The van der Waals surface area contributed by atoms with E-state index in [-0.39, 0.29) is 6.04 Å². The molecule has 0 bridgehead atoms. The molecule has 0 aliphatic rings. The minimum absolute atomic E-state index is 0.131. The molecule has 1 atom stereocenters. The second-order valence-electron chi connectivity index (χ2n) is 3.62. The molecule has 1 unspecified atom stereocenters. The smallest absolute Gasteiger partial charge is 0.0991 e. The third kappa shape index (κ3) is 2.10. The average molecular weight is 208 g/mol. The van der Waals surface area contributed by atoms with Crippen LogP contribution in [0.4, 0.5) is 0 Å². The van der Waals surface area contributed by atoms with E-state index >= 15 is 0 Å². The minimum Gasteiger partial charge on any atom is -0.320 e. The Balaban J connectivity index is 2.28. The molecule has 0 aliphatic carbocycles. The largest absolute Gasteiger partial charge is 0.320 e. The lowest BCUT2D eigenvalue weighted by atomic mass is 9.99. The van der Waals surface area contributed by atoms with E-state index in [0.29, 0.717) is 5.56 Å². The number of rotatable bonds is 2. The molecule has 16 heavy (non-hydrogen) atoms. The predicted molar refractivity (Wildman–Crippen MR) is 63.6 cm³/mol. The predicted octanol–water partition coefficient (Wildman–Crippen LogP) is 2.61. The van der Waals surface area contributed by atoms with Crippen LogP contribution in [-0.4, -0.2) is 0 Å². The summed E-state index contributed by atoms with van der Waals surface area (Å²) < 4.78 is 0. The summed E-state index contributed by atoms with van der Waals surface area (Å²) in [5.74, 6) is 0. The summed E-state index contributed by atoms with van der Waals surface area (Å²) in [5.41, 5.74) is 8.88. The summed E-state index contributed by atoms with van der Waals surface area (Å²) in [6.07, 6.45) is 0. The first kappa shape index (κ1) is 10.4. The van der Waals surface area contributed by atoms with Gasteiger partial charge in [-0.25, -0.2) is 0 Å². The summed E-state index contributed by atoms with van der Waals surface area (Å²) in [6, 6.07) is 19.3. The first-order chi connectivity index (χ1) is 7.81. The Morgan fingerprint density at radius 1 is 0.875 bits per heavy atom. The molecule has 2 N–H and O–H groups in total. The van der Waals surface area contributed by atoms with Crippen molar-refractivity contribution < 1.29 is 0 Å². The summed E-state index contributed by atoms with van der Waals surface area (Å²) in [4.78, 5) is 0. The molecule has 0 heterocycles. The molecule has 2 heteroatoms. The summed E-state index contributed by atoms with van der Waals surface area (Å²) in [5, 5.41) is 8.70. The Bertz CT molecular complexity index is 495. The standard InChI is InChI=1S/C14H12N2/c15-10-11-6-8-13(9-7-11)14(16)12-4-2-1-3-5-12/h1-9,14H,16H2. The van der Waals surface area contributed by atoms with E-state index < -0.39 is 0 Å². The van der Waals surface area contributed by atoms with Gasteiger partial charge < -0.3 is 5.73 Å². The monoisotopic (exact) mass is 208 g/mol. The molecule has 2 aromatic rings. The number of nitrogens with zero attached hydrogens (tertiary/aromatic N) is 1. The van der Waals surface area contributed by atoms with Crippen molar-refractivity contribution in [1.29, 1.82) is 5.26 Å². The van der Waals surface area contributed by atoms with Crippen molar-refractivity contribution in [3.63, 3.8) is 0 Å². The molecule has 0 saturated carbocycles. The maximum Gasteiger partial charge on any atom is 0.0991 e. The number of nitrogens with two attached hydrogens (primary N) is 1. The highest BCUT2D eigenvalue weighted by molar-refractivity contribution is 5.36. The lowest BCUT2D eigenvalue weighted by molar-refractivity contribution is 0.871. The van der Waals surface area contributed by atoms with Crippen LogP contribution in [0, 0.1) is 11.3 Å². The number of benzene rings is 2. The number of hydrogen-bond donors (Lipinski definition) is 1. The normalized spacial score (nSPS) is 11.8. The first-order valence-electron chi connectivity index (χ1n) is 5.12. The van der Waals surface area contributed by atoms with Gasteiger partial charge in [0.25, 0.3) is 0 Å². The molecule has 0 fully saturated rings. The molecule has 0 aliphatic heterocycles. The van der Waals surface area contributed by atoms with E-state index in [1.165, 1.54) is 0 Å². The molecular weight excluding hydrogens is 196 g/mol. The highest BCUT2D eigenvalue weighted by Crippen LogP contribution is 2.19. The molecule has 0 radical (unpaired) electrons. The van der Waals surface area contributed by atoms with E-state index in [1.807, 2.05) is 42.5 Å². The van der Waals surface area contributed by atoms with Crippen molar-refractivity contribution in [1.82, 2.24) is 0 Å². The van der Waals surface area contributed by atoms with Crippen LogP contribution in [0.15, 0.2) is 54.6 Å². The molecule has 78 valence electrons. The van der Waals surface area contributed by atoms with Crippen molar-refractivity contribution in [3.05, 3.63) is 71.3 Å². The van der Waals surface area contributed by atoms with Crippen LogP contribution >= 0.6 is 0 Å². The van der Waals surface area contributed by atoms with E-state index in [2.05, 4.69) is 6.07 Å². The number of nitriles is 1. The van der Waals surface area contributed by atoms with Crippen LogP contribution in [-0.2, 0) is 0 Å². The van der Waals surface area contributed by atoms with Crippen molar-refractivity contribution in [3.8, 4) is 6.07 Å². The highest BCUT2D eigenvalue weighted by Gasteiger charge is 2.07. The Morgan fingerprint density at radius 3 is 2.00 bits per heavy atom. The molecule has 0 spiro atoms. The van der Waals surface area contributed by atoms with Gasteiger partial charge in [-0.3, -0.25) is 0 Å². The van der Waals surface area contributed by atoms with Crippen molar-refractivity contribution >= 4 is 0 Å². The average Bonchev–Trinajstić information content (AvgIpc) is 2.39. The summed E-state index contributed by atoms with van der Waals surface area (Å²) >= 11 is 0. The fourth-order valence-electron chi connectivity index (χ4n) is 1.62. The maximum atomic E-state index is 8.70. The molecule has 0 saturated heterocycles. The third-order valence-electron chi connectivity index (χ3n) is 2.56.